The van der Waals surface area contributed by atoms with E-state index in [1.165, 1.54) is 0 Å². The number of fused-ring (bicyclic) bond motifs is 1. The Morgan fingerprint density at radius 3 is 2.67 bits per heavy atom. The van der Waals surface area contributed by atoms with Gasteiger partial charge in [-0.05, 0) is 25.0 Å². The lowest BCUT2D eigenvalue weighted by atomic mass is 9.94. The lowest BCUT2D eigenvalue weighted by Gasteiger charge is -2.30. The Kier molecular flexibility index (Phi) is 4.65. The molecule has 2 aromatic rings. The average molecular weight is 322 g/mol. The molecule has 1 aliphatic heterocycles. The molecule has 0 radical (unpaired) electrons. The molecule has 3 rings (SSSR count). The Bertz CT molecular complexity index is 755. The van der Waals surface area contributed by atoms with E-state index in [-0.39, 0.29) is 24.4 Å². The molecule has 0 saturated carbocycles. The summed E-state index contributed by atoms with van der Waals surface area (Å²) in [5.41, 5.74) is 3.88. The first-order valence-electron chi connectivity index (χ1n) is 8.35. The molecule has 0 spiro atoms. The molecule has 4 heteroatoms. The molecule has 0 saturated heterocycles. The molecule has 1 atom stereocenters. The van der Waals surface area contributed by atoms with E-state index in [4.69, 9.17) is 0 Å². The van der Waals surface area contributed by atoms with Crippen LogP contribution in [0, 0.1) is 6.92 Å². The summed E-state index contributed by atoms with van der Waals surface area (Å²) in [6.07, 6.45) is 1.21. The van der Waals surface area contributed by atoms with E-state index in [0.717, 1.165) is 28.8 Å². The van der Waals surface area contributed by atoms with Gasteiger partial charge in [0.25, 0.3) is 0 Å². The second kappa shape index (κ2) is 6.87. The first-order chi connectivity index (χ1) is 11.6. The number of carbonyl (C=O) groups excluding carboxylic acids is 2. The highest BCUT2D eigenvalue weighted by Gasteiger charge is 2.32. The molecule has 0 aliphatic carbocycles. The highest BCUT2D eigenvalue weighted by Crippen LogP contribution is 2.36. The van der Waals surface area contributed by atoms with Crippen molar-refractivity contribution < 1.29 is 9.59 Å². The van der Waals surface area contributed by atoms with Gasteiger partial charge in [0.2, 0.25) is 11.8 Å². The molecule has 1 N–H and O–H groups in total. The van der Waals surface area contributed by atoms with E-state index < -0.39 is 0 Å². The number of rotatable bonds is 3. The Morgan fingerprint density at radius 1 is 1.21 bits per heavy atom. The molecule has 4 nitrogen and oxygen atoms in total. The molecule has 0 fully saturated rings. The maximum absolute atomic E-state index is 12.7. The largest absolute Gasteiger partial charge is 0.324 e. The Labute approximate surface area is 142 Å². The van der Waals surface area contributed by atoms with Gasteiger partial charge < -0.3 is 10.2 Å². The molecule has 1 heterocycles. The van der Waals surface area contributed by atoms with Crippen molar-refractivity contribution in [3.63, 3.8) is 0 Å². The van der Waals surface area contributed by atoms with E-state index in [2.05, 4.69) is 11.4 Å². The highest BCUT2D eigenvalue weighted by atomic mass is 16.2. The zero-order valence-electron chi connectivity index (χ0n) is 14.1. The van der Waals surface area contributed by atoms with Crippen LogP contribution in [-0.4, -0.2) is 23.3 Å². The van der Waals surface area contributed by atoms with E-state index in [1.807, 2.05) is 56.3 Å². The Balaban J connectivity index is 2.17. The average Bonchev–Trinajstić information content (AvgIpc) is 2.71. The van der Waals surface area contributed by atoms with E-state index in [1.54, 1.807) is 4.90 Å². The van der Waals surface area contributed by atoms with Crippen molar-refractivity contribution in [1.82, 2.24) is 4.90 Å². The SMILES string of the molecule is CCCC(=O)N1CC(=O)Nc2ccc(C)cc2[C@@H]1c1ccccc1. The first-order valence-corrected chi connectivity index (χ1v) is 8.35. The number of amides is 2. The molecule has 124 valence electrons. The van der Waals surface area contributed by atoms with Gasteiger partial charge in [0, 0.05) is 17.7 Å². The van der Waals surface area contributed by atoms with Crippen molar-refractivity contribution in [3.8, 4) is 0 Å². The topological polar surface area (TPSA) is 49.4 Å². The lowest BCUT2D eigenvalue weighted by Crippen LogP contribution is -2.38. The van der Waals surface area contributed by atoms with Crippen molar-refractivity contribution in [2.45, 2.75) is 32.7 Å². The van der Waals surface area contributed by atoms with Crippen LogP contribution in [0.25, 0.3) is 0 Å². The van der Waals surface area contributed by atoms with Crippen LogP contribution in [-0.2, 0) is 9.59 Å². The molecule has 0 unspecified atom stereocenters. The van der Waals surface area contributed by atoms with Crippen molar-refractivity contribution >= 4 is 17.5 Å². The third-order valence-corrected chi connectivity index (χ3v) is 4.30. The molecule has 2 amide bonds. The Morgan fingerprint density at radius 2 is 1.96 bits per heavy atom. The fourth-order valence-corrected chi connectivity index (χ4v) is 3.21. The van der Waals surface area contributed by atoms with E-state index in [0.29, 0.717) is 6.42 Å². The Hall–Kier alpha value is -2.62. The molecular formula is C20H22N2O2. The second-order valence-electron chi connectivity index (χ2n) is 6.22. The van der Waals surface area contributed by atoms with Gasteiger partial charge >= 0.3 is 0 Å². The van der Waals surface area contributed by atoms with E-state index in [9.17, 15) is 9.59 Å². The summed E-state index contributed by atoms with van der Waals surface area (Å²) >= 11 is 0. The minimum atomic E-state index is -0.251. The second-order valence-corrected chi connectivity index (χ2v) is 6.22. The summed E-state index contributed by atoms with van der Waals surface area (Å²) < 4.78 is 0. The van der Waals surface area contributed by atoms with Gasteiger partial charge in [0.1, 0.15) is 6.54 Å². The van der Waals surface area contributed by atoms with Crippen molar-refractivity contribution in [2.24, 2.45) is 0 Å². The molecule has 0 bridgehead atoms. The number of anilines is 1. The molecule has 2 aromatic carbocycles. The first kappa shape index (κ1) is 16.2. The highest BCUT2D eigenvalue weighted by molar-refractivity contribution is 5.97. The van der Waals surface area contributed by atoms with Crippen LogP contribution < -0.4 is 5.32 Å². The van der Waals surface area contributed by atoms with Gasteiger partial charge in [-0.25, -0.2) is 0 Å². The minimum absolute atomic E-state index is 0.0101. The minimum Gasteiger partial charge on any atom is -0.324 e. The number of carbonyl (C=O) groups is 2. The van der Waals surface area contributed by atoms with Crippen molar-refractivity contribution in [1.29, 1.82) is 0 Å². The zero-order chi connectivity index (χ0) is 17.1. The lowest BCUT2D eigenvalue weighted by molar-refractivity contribution is -0.136. The maximum Gasteiger partial charge on any atom is 0.244 e. The number of aryl methyl sites for hydroxylation is 1. The summed E-state index contributed by atoms with van der Waals surface area (Å²) in [4.78, 5) is 26.8. The van der Waals surface area contributed by atoms with Crippen LogP contribution in [0.1, 0.15) is 42.5 Å². The fraction of sp³-hybridized carbons (Fsp3) is 0.300. The van der Waals surface area contributed by atoms with Gasteiger partial charge in [0.15, 0.2) is 0 Å². The summed E-state index contributed by atoms with van der Waals surface area (Å²) in [6.45, 7) is 4.07. The van der Waals surface area contributed by atoms with Crippen LogP contribution in [0.4, 0.5) is 5.69 Å². The standard InChI is InChI=1S/C20H22N2O2/c1-3-7-19(24)22-13-18(23)21-17-11-10-14(2)12-16(17)20(22)15-8-5-4-6-9-15/h4-6,8-12,20H,3,7,13H2,1-2H3,(H,21,23)/t20-/m0/s1. The quantitative estimate of drug-likeness (QED) is 0.937. The third kappa shape index (κ3) is 3.18. The molecule has 0 aromatic heterocycles. The van der Waals surface area contributed by atoms with Crippen molar-refractivity contribution in [3.05, 3.63) is 65.2 Å². The molecule has 24 heavy (non-hydrogen) atoms. The van der Waals surface area contributed by atoms with Crippen LogP contribution in [0.2, 0.25) is 0 Å². The van der Waals surface area contributed by atoms with Crippen LogP contribution in [0.15, 0.2) is 48.5 Å². The van der Waals surface area contributed by atoms with Gasteiger partial charge in [-0.15, -0.1) is 0 Å². The van der Waals surface area contributed by atoms with Crippen LogP contribution >= 0.6 is 0 Å². The van der Waals surface area contributed by atoms with Crippen LogP contribution in [0.5, 0.6) is 0 Å². The van der Waals surface area contributed by atoms with Gasteiger partial charge in [-0.2, -0.15) is 0 Å². The predicted octanol–water partition coefficient (Wildman–Crippen LogP) is 3.67. The zero-order valence-corrected chi connectivity index (χ0v) is 14.1. The number of nitrogens with zero attached hydrogens (tertiary/aromatic N) is 1. The number of hydrogen-bond acceptors (Lipinski definition) is 2. The molecule has 1 aliphatic rings. The monoisotopic (exact) mass is 322 g/mol. The fourth-order valence-electron chi connectivity index (χ4n) is 3.21. The summed E-state index contributed by atoms with van der Waals surface area (Å²) in [6, 6.07) is 15.6. The summed E-state index contributed by atoms with van der Waals surface area (Å²) in [5.74, 6) is -0.140. The smallest absolute Gasteiger partial charge is 0.244 e. The van der Waals surface area contributed by atoms with Crippen molar-refractivity contribution in [2.75, 3.05) is 11.9 Å². The summed E-state index contributed by atoms with van der Waals surface area (Å²) in [7, 11) is 0. The predicted molar refractivity (Wildman–Crippen MR) is 94.7 cm³/mol. The van der Waals surface area contributed by atoms with Gasteiger partial charge in [-0.3, -0.25) is 9.59 Å². The number of hydrogen-bond donors (Lipinski definition) is 1. The summed E-state index contributed by atoms with van der Waals surface area (Å²) in [5, 5.41) is 2.94. The number of benzene rings is 2. The van der Waals surface area contributed by atoms with Crippen LogP contribution in [0.3, 0.4) is 0 Å². The third-order valence-electron chi connectivity index (χ3n) is 4.30. The van der Waals surface area contributed by atoms with E-state index >= 15 is 0 Å². The van der Waals surface area contributed by atoms with Gasteiger partial charge in [-0.1, -0.05) is 55.0 Å². The normalized spacial score (nSPS) is 17.0. The van der Waals surface area contributed by atoms with Gasteiger partial charge in [0.05, 0.1) is 6.04 Å². The number of nitrogens with one attached hydrogen (secondary N) is 1. The molecular weight excluding hydrogens is 300 g/mol. The maximum atomic E-state index is 12.7.